The fourth-order valence-electron chi connectivity index (χ4n) is 1.97. The van der Waals surface area contributed by atoms with Crippen molar-refractivity contribution in [1.29, 1.82) is 0 Å². The van der Waals surface area contributed by atoms with Gasteiger partial charge in [-0.15, -0.1) is 11.8 Å². The first-order chi connectivity index (χ1) is 8.58. The quantitative estimate of drug-likeness (QED) is 0.733. The highest BCUT2D eigenvalue weighted by Gasteiger charge is 2.44. The summed E-state index contributed by atoms with van der Waals surface area (Å²) in [6, 6.07) is 7.18. The van der Waals surface area contributed by atoms with Gasteiger partial charge in [0.25, 0.3) is 5.91 Å². The van der Waals surface area contributed by atoms with Crippen molar-refractivity contribution in [2.75, 3.05) is 18.1 Å². The molecule has 96 valence electrons. The molecule has 2 rings (SSSR count). The first kappa shape index (κ1) is 13.3. The van der Waals surface area contributed by atoms with Gasteiger partial charge in [0.05, 0.1) is 0 Å². The van der Waals surface area contributed by atoms with Gasteiger partial charge in [-0.25, -0.2) is 0 Å². The van der Waals surface area contributed by atoms with Crippen LogP contribution in [0.2, 0.25) is 0 Å². The third-order valence-corrected chi connectivity index (χ3v) is 4.10. The SMILES string of the molecule is CSC(=S)NCCC1(O)C(=O)Nc2ccccc21. The Bertz CT molecular complexity index is 493. The average Bonchev–Trinajstić information content (AvgIpc) is 2.62. The van der Waals surface area contributed by atoms with E-state index in [4.69, 9.17) is 12.2 Å². The number of rotatable bonds is 3. The Morgan fingerprint density at radius 2 is 2.28 bits per heavy atom. The Hall–Kier alpha value is -1.11. The van der Waals surface area contributed by atoms with E-state index in [1.807, 2.05) is 18.4 Å². The molecule has 0 bridgehead atoms. The molecule has 1 amide bonds. The molecule has 1 atom stereocenters. The highest BCUT2D eigenvalue weighted by atomic mass is 32.2. The van der Waals surface area contributed by atoms with E-state index in [-0.39, 0.29) is 12.3 Å². The lowest BCUT2D eigenvalue weighted by atomic mass is 9.92. The van der Waals surface area contributed by atoms with Crippen LogP contribution in [0.5, 0.6) is 0 Å². The Labute approximate surface area is 115 Å². The summed E-state index contributed by atoms with van der Waals surface area (Å²) < 4.78 is 0.658. The molecule has 1 aliphatic rings. The molecule has 6 heteroatoms. The molecule has 0 aliphatic carbocycles. The molecular formula is C12H14N2O2S2. The molecule has 1 aliphatic heterocycles. The standard InChI is InChI=1S/C12H14N2O2S2/c1-18-11(17)13-7-6-12(16)8-4-2-3-5-9(8)14-10(12)15/h2-5,16H,6-7H2,1H3,(H,13,17)(H,14,15). The molecule has 1 aromatic carbocycles. The number of nitrogens with one attached hydrogen (secondary N) is 2. The molecule has 1 aromatic rings. The summed E-state index contributed by atoms with van der Waals surface area (Å²) in [5.74, 6) is -0.374. The zero-order valence-electron chi connectivity index (χ0n) is 9.90. The van der Waals surface area contributed by atoms with Crippen LogP contribution in [0.25, 0.3) is 0 Å². The second kappa shape index (κ2) is 5.26. The maximum atomic E-state index is 11.9. The van der Waals surface area contributed by atoms with Crippen molar-refractivity contribution in [2.45, 2.75) is 12.0 Å². The Kier molecular flexibility index (Phi) is 3.89. The largest absolute Gasteiger partial charge is 0.375 e. The van der Waals surface area contributed by atoms with E-state index in [2.05, 4.69) is 10.6 Å². The summed E-state index contributed by atoms with van der Waals surface area (Å²) in [4.78, 5) is 11.9. The molecule has 0 spiro atoms. The van der Waals surface area contributed by atoms with Crippen LogP contribution in [0, 0.1) is 0 Å². The van der Waals surface area contributed by atoms with Crippen molar-refractivity contribution in [3.63, 3.8) is 0 Å². The Morgan fingerprint density at radius 3 is 3.00 bits per heavy atom. The van der Waals surface area contributed by atoms with Gasteiger partial charge in [-0.2, -0.15) is 0 Å². The number of benzene rings is 1. The Balaban J connectivity index is 2.11. The van der Waals surface area contributed by atoms with E-state index in [1.165, 1.54) is 11.8 Å². The van der Waals surface area contributed by atoms with Crippen LogP contribution in [0.1, 0.15) is 12.0 Å². The van der Waals surface area contributed by atoms with Gasteiger partial charge in [0.15, 0.2) is 5.60 Å². The van der Waals surface area contributed by atoms with E-state index in [1.54, 1.807) is 12.1 Å². The number of aliphatic hydroxyl groups is 1. The summed E-state index contributed by atoms with van der Waals surface area (Å²) >= 11 is 6.44. The van der Waals surface area contributed by atoms with Gasteiger partial charge < -0.3 is 15.7 Å². The first-order valence-electron chi connectivity index (χ1n) is 5.53. The summed E-state index contributed by atoms with van der Waals surface area (Å²) in [5.41, 5.74) is -0.151. The summed E-state index contributed by atoms with van der Waals surface area (Å²) in [7, 11) is 0. The van der Waals surface area contributed by atoms with Gasteiger partial charge in [0, 0.05) is 24.2 Å². The zero-order chi connectivity index (χ0) is 13.2. The first-order valence-corrected chi connectivity index (χ1v) is 7.16. The van der Waals surface area contributed by atoms with Crippen LogP contribution in [-0.4, -0.2) is 28.1 Å². The van der Waals surface area contributed by atoms with Crippen molar-refractivity contribution < 1.29 is 9.90 Å². The van der Waals surface area contributed by atoms with Crippen molar-refractivity contribution in [1.82, 2.24) is 5.32 Å². The number of para-hydroxylation sites is 1. The fourth-order valence-corrected chi connectivity index (χ4v) is 2.32. The number of thiocarbonyl (C=S) groups is 1. The van der Waals surface area contributed by atoms with Crippen LogP contribution in [0.4, 0.5) is 5.69 Å². The van der Waals surface area contributed by atoms with Crippen molar-refractivity contribution >= 4 is 39.9 Å². The number of thioether (sulfide) groups is 1. The van der Waals surface area contributed by atoms with Crippen molar-refractivity contribution in [2.24, 2.45) is 0 Å². The maximum Gasteiger partial charge on any atom is 0.261 e. The van der Waals surface area contributed by atoms with Crippen molar-refractivity contribution in [3.05, 3.63) is 29.8 Å². The van der Waals surface area contributed by atoms with Crippen LogP contribution in [0.3, 0.4) is 0 Å². The van der Waals surface area contributed by atoms with Crippen LogP contribution < -0.4 is 10.6 Å². The molecular weight excluding hydrogens is 268 g/mol. The van der Waals surface area contributed by atoms with Gasteiger partial charge in [0.2, 0.25) is 0 Å². The molecule has 0 radical (unpaired) electrons. The van der Waals surface area contributed by atoms with Gasteiger partial charge in [-0.3, -0.25) is 4.79 Å². The number of carbonyl (C=O) groups excluding carboxylic acids is 1. The van der Waals surface area contributed by atoms with Crippen molar-refractivity contribution in [3.8, 4) is 0 Å². The number of fused-ring (bicyclic) bond motifs is 1. The van der Waals surface area contributed by atoms with E-state index >= 15 is 0 Å². The molecule has 3 N–H and O–H groups in total. The summed E-state index contributed by atoms with van der Waals surface area (Å²) in [6.45, 7) is 0.456. The average molecular weight is 282 g/mol. The predicted molar refractivity (Wildman–Crippen MR) is 77.7 cm³/mol. The zero-order valence-corrected chi connectivity index (χ0v) is 11.5. The lowest BCUT2D eigenvalue weighted by Gasteiger charge is -2.21. The minimum absolute atomic E-state index is 0.288. The smallest absolute Gasteiger partial charge is 0.261 e. The molecule has 1 unspecified atom stereocenters. The lowest BCUT2D eigenvalue weighted by molar-refractivity contribution is -0.134. The maximum absolute atomic E-state index is 11.9. The van der Waals surface area contributed by atoms with Gasteiger partial charge in [-0.05, 0) is 12.3 Å². The number of amides is 1. The highest BCUT2D eigenvalue weighted by molar-refractivity contribution is 8.22. The number of anilines is 1. The fraction of sp³-hybridized carbons (Fsp3) is 0.333. The molecule has 0 aromatic heterocycles. The molecule has 4 nitrogen and oxygen atoms in total. The van der Waals surface area contributed by atoms with Gasteiger partial charge >= 0.3 is 0 Å². The summed E-state index contributed by atoms with van der Waals surface area (Å²) in [6.07, 6.45) is 2.16. The van der Waals surface area contributed by atoms with E-state index in [0.29, 0.717) is 22.1 Å². The van der Waals surface area contributed by atoms with E-state index < -0.39 is 5.60 Å². The van der Waals surface area contributed by atoms with Crippen LogP contribution in [0.15, 0.2) is 24.3 Å². The number of hydrogen-bond acceptors (Lipinski definition) is 4. The highest BCUT2D eigenvalue weighted by Crippen LogP contribution is 2.37. The minimum atomic E-state index is -1.46. The van der Waals surface area contributed by atoms with Crippen LogP contribution in [-0.2, 0) is 10.4 Å². The molecule has 0 saturated carbocycles. The van der Waals surface area contributed by atoms with Crippen LogP contribution >= 0.6 is 24.0 Å². The predicted octanol–water partition coefficient (Wildman–Crippen LogP) is 1.45. The molecule has 0 fully saturated rings. The third kappa shape index (κ3) is 2.36. The third-order valence-electron chi connectivity index (χ3n) is 2.94. The van der Waals surface area contributed by atoms with Gasteiger partial charge in [-0.1, -0.05) is 30.4 Å². The van der Waals surface area contributed by atoms with Gasteiger partial charge in [0.1, 0.15) is 4.32 Å². The molecule has 18 heavy (non-hydrogen) atoms. The normalized spacial score (nSPS) is 21.3. The minimum Gasteiger partial charge on any atom is -0.375 e. The molecule has 1 heterocycles. The lowest BCUT2D eigenvalue weighted by Crippen LogP contribution is -2.37. The summed E-state index contributed by atoms with van der Waals surface area (Å²) in [5, 5.41) is 16.2. The topological polar surface area (TPSA) is 61.4 Å². The monoisotopic (exact) mass is 282 g/mol. The second-order valence-electron chi connectivity index (χ2n) is 4.03. The van der Waals surface area contributed by atoms with E-state index in [9.17, 15) is 9.90 Å². The van der Waals surface area contributed by atoms with E-state index in [0.717, 1.165) is 0 Å². The Morgan fingerprint density at radius 1 is 1.56 bits per heavy atom. The second-order valence-corrected chi connectivity index (χ2v) is 5.51. The number of hydrogen-bond donors (Lipinski definition) is 3. The molecule has 0 saturated heterocycles. The number of carbonyl (C=O) groups is 1.